The molecule has 2 heterocycles. The van der Waals surface area contributed by atoms with Gasteiger partial charge in [0.2, 0.25) is 10.0 Å². The molecule has 0 aliphatic carbocycles. The van der Waals surface area contributed by atoms with Gasteiger partial charge in [-0.15, -0.1) is 0 Å². The van der Waals surface area contributed by atoms with E-state index in [0.717, 1.165) is 0 Å². The normalized spacial score (nSPS) is 19.7. The van der Waals surface area contributed by atoms with Crippen molar-refractivity contribution in [2.45, 2.75) is 23.4 Å². The number of carbonyl (C=O) groups is 1. The minimum atomic E-state index is -3.57. The molecule has 1 spiro atoms. The number of aliphatic imine (C=N–C) groups is 1. The first-order valence-corrected chi connectivity index (χ1v) is 10.1. The number of piperidine rings is 1. The van der Waals surface area contributed by atoms with Gasteiger partial charge in [-0.1, -0.05) is 30.3 Å². The fraction of sp³-hybridized carbons (Fsp3) is 0.263. The van der Waals surface area contributed by atoms with Crippen LogP contribution in [0.25, 0.3) is 0 Å². The van der Waals surface area contributed by atoms with Crippen LogP contribution in [0.5, 0.6) is 0 Å². The molecule has 0 bridgehead atoms. The topological polar surface area (TPSA) is 78.8 Å². The quantitative estimate of drug-likeness (QED) is 0.874. The highest BCUT2D eigenvalue weighted by molar-refractivity contribution is 7.89. The molecule has 2 aliphatic rings. The maximum absolute atomic E-state index is 13.5. The Morgan fingerprint density at radius 2 is 1.74 bits per heavy atom. The van der Waals surface area contributed by atoms with Crippen molar-refractivity contribution >= 4 is 21.6 Å². The van der Waals surface area contributed by atoms with Gasteiger partial charge in [0, 0.05) is 31.5 Å². The van der Waals surface area contributed by atoms with Crippen LogP contribution in [0.2, 0.25) is 0 Å². The summed E-state index contributed by atoms with van der Waals surface area (Å²) in [5.74, 6) is -0.798. The van der Waals surface area contributed by atoms with E-state index in [4.69, 9.17) is 0 Å². The molecule has 1 N–H and O–H groups in total. The maximum atomic E-state index is 13.5. The van der Waals surface area contributed by atoms with Gasteiger partial charge in [-0.2, -0.15) is 4.31 Å². The summed E-state index contributed by atoms with van der Waals surface area (Å²) >= 11 is 0. The van der Waals surface area contributed by atoms with Gasteiger partial charge in [0.1, 0.15) is 17.2 Å². The third-order valence-electron chi connectivity index (χ3n) is 4.92. The number of hydrogen-bond acceptors (Lipinski definition) is 4. The lowest BCUT2D eigenvalue weighted by Gasteiger charge is -2.36. The van der Waals surface area contributed by atoms with Gasteiger partial charge in [0.25, 0.3) is 5.91 Å². The average Bonchev–Trinajstić information content (AvgIpc) is 2.99. The molecule has 2 aliphatic heterocycles. The number of halogens is 1. The van der Waals surface area contributed by atoms with E-state index in [0.29, 0.717) is 18.4 Å². The average molecular weight is 387 g/mol. The van der Waals surface area contributed by atoms with E-state index in [-0.39, 0.29) is 29.6 Å². The molecule has 0 saturated carbocycles. The number of hydrogen-bond donors (Lipinski definition) is 1. The Bertz CT molecular complexity index is 1010. The number of nitrogens with one attached hydrogen (secondary N) is 1. The van der Waals surface area contributed by atoms with Crippen molar-refractivity contribution in [1.82, 2.24) is 9.62 Å². The van der Waals surface area contributed by atoms with Crippen molar-refractivity contribution in [2.75, 3.05) is 13.1 Å². The van der Waals surface area contributed by atoms with Crippen LogP contribution in [0.4, 0.5) is 4.39 Å². The number of amides is 1. The SMILES string of the molecule is O=C1NC2(CCN(S(=O)(=O)c3ccccc3)CC2)N=C1c1cccc(F)c1. The smallest absolute Gasteiger partial charge is 0.272 e. The van der Waals surface area contributed by atoms with Crippen LogP contribution >= 0.6 is 0 Å². The fourth-order valence-electron chi connectivity index (χ4n) is 3.47. The summed E-state index contributed by atoms with van der Waals surface area (Å²) in [4.78, 5) is 17.1. The fourth-order valence-corrected chi connectivity index (χ4v) is 4.93. The molecule has 8 heteroatoms. The van der Waals surface area contributed by atoms with Gasteiger partial charge in [0.15, 0.2) is 0 Å². The van der Waals surface area contributed by atoms with Crippen LogP contribution in [0.15, 0.2) is 64.5 Å². The molecule has 4 rings (SSSR count). The molecule has 0 radical (unpaired) electrons. The zero-order chi connectivity index (χ0) is 19.1. The monoisotopic (exact) mass is 387 g/mol. The molecule has 2 aromatic rings. The number of benzene rings is 2. The van der Waals surface area contributed by atoms with Gasteiger partial charge in [0.05, 0.1) is 4.90 Å². The Kier molecular flexibility index (Phi) is 4.32. The lowest BCUT2D eigenvalue weighted by molar-refractivity contribution is -0.115. The Labute approximate surface area is 156 Å². The highest BCUT2D eigenvalue weighted by atomic mass is 32.2. The van der Waals surface area contributed by atoms with E-state index in [1.807, 2.05) is 0 Å². The Morgan fingerprint density at radius 1 is 1.04 bits per heavy atom. The summed E-state index contributed by atoms with van der Waals surface area (Å²) in [7, 11) is -3.57. The van der Waals surface area contributed by atoms with Crippen LogP contribution in [0, 0.1) is 5.82 Å². The van der Waals surface area contributed by atoms with Crippen LogP contribution in [0.3, 0.4) is 0 Å². The van der Waals surface area contributed by atoms with E-state index >= 15 is 0 Å². The standard InChI is InChI=1S/C19H18FN3O3S/c20-15-6-4-5-14(13-15)17-18(24)22-19(21-17)9-11-23(12-10-19)27(25,26)16-7-2-1-3-8-16/h1-8,13H,9-12H2,(H,22,24). The number of carbonyl (C=O) groups excluding carboxylic acids is 1. The Morgan fingerprint density at radius 3 is 2.41 bits per heavy atom. The summed E-state index contributed by atoms with van der Waals surface area (Å²) in [6.07, 6.45) is 0.729. The van der Waals surface area contributed by atoms with Crippen LogP contribution in [-0.2, 0) is 14.8 Å². The molecule has 0 atom stereocenters. The van der Waals surface area contributed by atoms with E-state index in [9.17, 15) is 17.6 Å². The molecule has 1 fully saturated rings. The molecule has 1 saturated heterocycles. The summed E-state index contributed by atoms with van der Waals surface area (Å²) in [5, 5.41) is 2.86. The van der Waals surface area contributed by atoms with Gasteiger partial charge >= 0.3 is 0 Å². The summed E-state index contributed by atoms with van der Waals surface area (Å²) in [5.41, 5.74) is -0.223. The minimum absolute atomic E-state index is 0.189. The molecule has 2 aromatic carbocycles. The lowest BCUT2D eigenvalue weighted by atomic mass is 10.00. The zero-order valence-corrected chi connectivity index (χ0v) is 15.2. The Balaban J connectivity index is 1.55. The largest absolute Gasteiger partial charge is 0.326 e. The van der Waals surface area contributed by atoms with Crippen molar-refractivity contribution in [3.8, 4) is 0 Å². The van der Waals surface area contributed by atoms with Crippen molar-refractivity contribution in [3.63, 3.8) is 0 Å². The number of rotatable bonds is 3. The van der Waals surface area contributed by atoms with E-state index in [1.54, 1.807) is 36.4 Å². The molecule has 1 amide bonds. The predicted molar refractivity (Wildman–Crippen MR) is 98.2 cm³/mol. The summed E-state index contributed by atoms with van der Waals surface area (Å²) in [6.45, 7) is 0.495. The van der Waals surface area contributed by atoms with Gasteiger partial charge in [-0.25, -0.2) is 12.8 Å². The third kappa shape index (κ3) is 3.26. The number of nitrogens with zero attached hydrogens (tertiary/aromatic N) is 2. The molecular formula is C19H18FN3O3S. The second-order valence-electron chi connectivity index (χ2n) is 6.67. The maximum Gasteiger partial charge on any atom is 0.272 e. The molecule has 6 nitrogen and oxygen atoms in total. The zero-order valence-electron chi connectivity index (χ0n) is 14.4. The first kappa shape index (κ1) is 17.8. The van der Waals surface area contributed by atoms with Crippen LogP contribution in [0.1, 0.15) is 18.4 Å². The van der Waals surface area contributed by atoms with Gasteiger partial charge in [-0.3, -0.25) is 9.79 Å². The van der Waals surface area contributed by atoms with Crippen molar-refractivity contribution in [1.29, 1.82) is 0 Å². The van der Waals surface area contributed by atoms with Crippen LogP contribution < -0.4 is 5.32 Å². The van der Waals surface area contributed by atoms with Crippen molar-refractivity contribution in [3.05, 3.63) is 66.0 Å². The highest BCUT2D eigenvalue weighted by Gasteiger charge is 2.44. The van der Waals surface area contributed by atoms with E-state index < -0.39 is 21.5 Å². The summed E-state index contributed by atoms with van der Waals surface area (Å²) < 4.78 is 40.4. The lowest BCUT2D eigenvalue weighted by Crippen LogP contribution is -2.52. The van der Waals surface area contributed by atoms with Crippen LogP contribution in [-0.4, -0.2) is 43.1 Å². The van der Waals surface area contributed by atoms with E-state index in [2.05, 4.69) is 10.3 Å². The molecule has 27 heavy (non-hydrogen) atoms. The highest BCUT2D eigenvalue weighted by Crippen LogP contribution is 2.31. The second-order valence-corrected chi connectivity index (χ2v) is 8.61. The molecule has 0 aromatic heterocycles. The first-order valence-electron chi connectivity index (χ1n) is 8.63. The van der Waals surface area contributed by atoms with Crippen molar-refractivity contribution in [2.24, 2.45) is 4.99 Å². The van der Waals surface area contributed by atoms with Gasteiger partial charge in [-0.05, 0) is 24.3 Å². The molecular weight excluding hydrogens is 369 g/mol. The predicted octanol–water partition coefficient (Wildman–Crippen LogP) is 1.93. The van der Waals surface area contributed by atoms with Crippen molar-refractivity contribution < 1.29 is 17.6 Å². The summed E-state index contributed by atoms with van der Waals surface area (Å²) in [6, 6.07) is 14.0. The molecule has 140 valence electrons. The third-order valence-corrected chi connectivity index (χ3v) is 6.83. The Hall–Kier alpha value is -2.58. The van der Waals surface area contributed by atoms with E-state index in [1.165, 1.54) is 22.5 Å². The van der Waals surface area contributed by atoms with Gasteiger partial charge < -0.3 is 5.32 Å². The second kappa shape index (κ2) is 6.54. The minimum Gasteiger partial charge on any atom is -0.326 e. The molecule has 0 unspecified atom stereocenters. The first-order chi connectivity index (χ1) is 12.9. The number of sulfonamides is 1.